The summed E-state index contributed by atoms with van der Waals surface area (Å²) in [6.07, 6.45) is 2.47. The average Bonchev–Trinajstić information content (AvgIpc) is 2.38. The fourth-order valence-corrected chi connectivity index (χ4v) is 2.95. The molecule has 104 valence electrons. The molecule has 1 aromatic carbocycles. The van der Waals surface area contributed by atoms with Gasteiger partial charge in [-0.2, -0.15) is 0 Å². The summed E-state index contributed by atoms with van der Waals surface area (Å²) in [5, 5.41) is 8.99. The lowest BCUT2D eigenvalue weighted by atomic mass is 9.86. The summed E-state index contributed by atoms with van der Waals surface area (Å²) in [4.78, 5) is 13.3. The lowest BCUT2D eigenvalue weighted by molar-refractivity contribution is 0.0697. The second-order valence-electron chi connectivity index (χ2n) is 5.87. The average molecular weight is 261 g/mol. The second-order valence-corrected chi connectivity index (χ2v) is 5.87. The van der Waals surface area contributed by atoms with Gasteiger partial charge in [-0.05, 0) is 55.4 Å². The van der Waals surface area contributed by atoms with E-state index in [-0.39, 0.29) is 0 Å². The Labute approximate surface area is 115 Å². The van der Waals surface area contributed by atoms with E-state index in [9.17, 15) is 4.79 Å². The Bertz CT molecular complexity index is 460. The Balaban J connectivity index is 2.09. The molecule has 1 aliphatic heterocycles. The van der Waals surface area contributed by atoms with Gasteiger partial charge in [0.1, 0.15) is 0 Å². The van der Waals surface area contributed by atoms with Crippen molar-refractivity contribution in [3.63, 3.8) is 0 Å². The van der Waals surface area contributed by atoms with Crippen LogP contribution in [0.15, 0.2) is 18.2 Å². The zero-order valence-electron chi connectivity index (χ0n) is 12.0. The Morgan fingerprint density at radius 3 is 2.42 bits per heavy atom. The first-order chi connectivity index (χ1) is 8.99. The van der Waals surface area contributed by atoms with E-state index in [1.807, 2.05) is 13.0 Å². The van der Waals surface area contributed by atoms with Gasteiger partial charge < -0.3 is 10.0 Å². The Hall–Kier alpha value is -1.51. The molecular weight excluding hydrogens is 238 g/mol. The second kappa shape index (κ2) is 5.64. The van der Waals surface area contributed by atoms with Crippen LogP contribution in [0.5, 0.6) is 0 Å². The fraction of sp³-hybridized carbons (Fsp3) is 0.562. The highest BCUT2D eigenvalue weighted by Gasteiger charge is 2.22. The van der Waals surface area contributed by atoms with Gasteiger partial charge in [-0.15, -0.1) is 0 Å². The van der Waals surface area contributed by atoms with E-state index in [1.165, 1.54) is 18.5 Å². The summed E-state index contributed by atoms with van der Waals surface area (Å²) in [5.74, 6) is 0.737. The number of hydrogen-bond donors (Lipinski definition) is 1. The maximum atomic E-state index is 10.9. The molecule has 3 nitrogen and oxygen atoms in total. The number of aryl methyl sites for hydroxylation is 1. The number of nitrogens with zero attached hydrogens (tertiary/aromatic N) is 1. The lowest BCUT2D eigenvalue weighted by Crippen LogP contribution is -2.35. The van der Waals surface area contributed by atoms with Crippen LogP contribution in [-0.4, -0.2) is 24.2 Å². The molecule has 0 radical (unpaired) electrons. The molecule has 0 aliphatic carbocycles. The van der Waals surface area contributed by atoms with Gasteiger partial charge in [0, 0.05) is 18.8 Å². The van der Waals surface area contributed by atoms with Gasteiger partial charge in [0.2, 0.25) is 0 Å². The van der Waals surface area contributed by atoms with Gasteiger partial charge in [0.25, 0.3) is 0 Å². The quantitative estimate of drug-likeness (QED) is 0.904. The monoisotopic (exact) mass is 261 g/mol. The van der Waals surface area contributed by atoms with Crippen LogP contribution in [-0.2, 0) is 0 Å². The van der Waals surface area contributed by atoms with Crippen molar-refractivity contribution in [2.75, 3.05) is 18.0 Å². The number of hydrogen-bond acceptors (Lipinski definition) is 2. The number of carboxylic acids is 1. The van der Waals surface area contributed by atoms with Crippen molar-refractivity contribution >= 4 is 11.7 Å². The van der Waals surface area contributed by atoms with Crippen molar-refractivity contribution in [2.45, 2.75) is 33.6 Å². The van der Waals surface area contributed by atoms with Gasteiger partial charge in [-0.3, -0.25) is 0 Å². The summed E-state index contributed by atoms with van der Waals surface area (Å²) in [7, 11) is 0. The standard InChI is InChI=1S/C16H23NO2/c1-11(2)13-6-8-17(9-7-13)15-5-4-14(16(18)19)10-12(15)3/h4-5,10-11,13H,6-9H2,1-3H3,(H,18,19). The van der Waals surface area contributed by atoms with E-state index in [0.29, 0.717) is 5.56 Å². The summed E-state index contributed by atoms with van der Waals surface area (Å²) in [5.41, 5.74) is 2.62. The number of rotatable bonds is 3. The first kappa shape index (κ1) is 13.9. The van der Waals surface area contributed by atoms with Gasteiger partial charge in [0.15, 0.2) is 0 Å². The third-order valence-electron chi connectivity index (χ3n) is 4.27. The van der Waals surface area contributed by atoms with Gasteiger partial charge in [-0.1, -0.05) is 13.8 Å². The summed E-state index contributed by atoms with van der Waals surface area (Å²) in [6, 6.07) is 5.43. The predicted octanol–water partition coefficient (Wildman–Crippen LogP) is 3.57. The molecule has 1 aliphatic rings. The Morgan fingerprint density at radius 1 is 1.32 bits per heavy atom. The molecule has 0 atom stereocenters. The number of piperidine rings is 1. The van der Waals surface area contributed by atoms with Crippen LogP contribution in [0.3, 0.4) is 0 Å². The summed E-state index contributed by atoms with van der Waals surface area (Å²) < 4.78 is 0. The van der Waals surface area contributed by atoms with Crippen LogP contribution in [0.4, 0.5) is 5.69 Å². The zero-order chi connectivity index (χ0) is 14.0. The number of carbonyl (C=O) groups is 1. The maximum absolute atomic E-state index is 10.9. The van der Waals surface area contributed by atoms with Crippen LogP contribution in [0.25, 0.3) is 0 Å². The number of benzene rings is 1. The smallest absolute Gasteiger partial charge is 0.335 e. The molecule has 1 N–H and O–H groups in total. The van der Waals surface area contributed by atoms with E-state index in [0.717, 1.165) is 30.5 Å². The SMILES string of the molecule is Cc1cc(C(=O)O)ccc1N1CCC(C(C)C)CC1. The minimum Gasteiger partial charge on any atom is -0.478 e. The third-order valence-corrected chi connectivity index (χ3v) is 4.27. The molecule has 19 heavy (non-hydrogen) atoms. The van der Waals surface area contributed by atoms with Crippen LogP contribution < -0.4 is 4.90 Å². The summed E-state index contributed by atoms with van der Waals surface area (Å²) >= 11 is 0. The van der Waals surface area contributed by atoms with E-state index in [4.69, 9.17) is 5.11 Å². The third kappa shape index (κ3) is 3.09. The summed E-state index contributed by atoms with van der Waals surface area (Å²) in [6.45, 7) is 8.75. The van der Waals surface area contributed by atoms with Crippen molar-refractivity contribution in [1.29, 1.82) is 0 Å². The molecule has 3 heteroatoms. The van der Waals surface area contributed by atoms with Crippen molar-refractivity contribution in [1.82, 2.24) is 0 Å². The topological polar surface area (TPSA) is 40.5 Å². The van der Waals surface area contributed by atoms with Crippen molar-refractivity contribution in [3.05, 3.63) is 29.3 Å². The van der Waals surface area contributed by atoms with Gasteiger partial charge >= 0.3 is 5.97 Å². The molecule has 0 saturated carbocycles. The minimum atomic E-state index is -0.854. The molecule has 0 aromatic heterocycles. The first-order valence-corrected chi connectivity index (χ1v) is 7.08. The molecule has 2 rings (SSSR count). The normalized spacial score (nSPS) is 16.9. The van der Waals surface area contributed by atoms with Crippen LogP contribution in [0, 0.1) is 18.8 Å². The highest BCUT2D eigenvalue weighted by molar-refractivity contribution is 5.88. The van der Waals surface area contributed by atoms with Crippen LogP contribution in [0.1, 0.15) is 42.6 Å². The Morgan fingerprint density at radius 2 is 1.95 bits per heavy atom. The maximum Gasteiger partial charge on any atom is 0.335 e. The van der Waals surface area contributed by atoms with E-state index < -0.39 is 5.97 Å². The molecule has 0 bridgehead atoms. The van der Waals surface area contributed by atoms with Crippen molar-refractivity contribution in [2.24, 2.45) is 11.8 Å². The molecule has 1 fully saturated rings. The molecule has 0 spiro atoms. The first-order valence-electron chi connectivity index (χ1n) is 7.08. The van der Waals surface area contributed by atoms with E-state index in [1.54, 1.807) is 12.1 Å². The fourth-order valence-electron chi connectivity index (χ4n) is 2.95. The van der Waals surface area contributed by atoms with Crippen LogP contribution >= 0.6 is 0 Å². The minimum absolute atomic E-state index is 0.373. The predicted molar refractivity (Wildman–Crippen MR) is 77.9 cm³/mol. The Kier molecular flexibility index (Phi) is 4.13. The van der Waals surface area contributed by atoms with Gasteiger partial charge in [-0.25, -0.2) is 4.79 Å². The number of aromatic carboxylic acids is 1. The molecular formula is C16H23NO2. The van der Waals surface area contributed by atoms with Crippen LogP contribution in [0.2, 0.25) is 0 Å². The lowest BCUT2D eigenvalue weighted by Gasteiger charge is -2.36. The molecule has 1 saturated heterocycles. The van der Waals surface area contributed by atoms with E-state index in [2.05, 4.69) is 18.7 Å². The molecule has 1 heterocycles. The largest absolute Gasteiger partial charge is 0.478 e. The molecule has 0 amide bonds. The number of anilines is 1. The molecule has 0 unspecified atom stereocenters. The molecule has 1 aromatic rings. The highest BCUT2D eigenvalue weighted by atomic mass is 16.4. The number of carboxylic acid groups (broad SMARTS) is 1. The van der Waals surface area contributed by atoms with E-state index >= 15 is 0 Å². The highest BCUT2D eigenvalue weighted by Crippen LogP contribution is 2.29. The van der Waals surface area contributed by atoms with Crippen molar-refractivity contribution in [3.8, 4) is 0 Å². The van der Waals surface area contributed by atoms with Crippen molar-refractivity contribution < 1.29 is 9.90 Å². The zero-order valence-corrected chi connectivity index (χ0v) is 12.0. The van der Waals surface area contributed by atoms with Gasteiger partial charge in [0.05, 0.1) is 5.56 Å².